The number of nitrogens with zero attached hydrogens (tertiary/aromatic N) is 2. The van der Waals surface area contributed by atoms with Crippen LogP contribution in [0.25, 0.3) is 0 Å². The molecule has 1 fully saturated rings. The highest BCUT2D eigenvalue weighted by Crippen LogP contribution is 2.29. The van der Waals surface area contributed by atoms with E-state index in [9.17, 15) is 18.0 Å². The van der Waals surface area contributed by atoms with Gasteiger partial charge in [-0.25, -0.2) is 4.98 Å². The van der Waals surface area contributed by atoms with Crippen molar-refractivity contribution in [1.29, 1.82) is 0 Å². The molecule has 3 rings (SSSR count). The first kappa shape index (κ1) is 24.5. The number of pyridine rings is 1. The number of hydrogen-bond acceptors (Lipinski definition) is 6. The second-order valence-corrected chi connectivity index (χ2v) is 7.68. The summed E-state index contributed by atoms with van der Waals surface area (Å²) < 4.78 is 48.5. The number of carbonyl (C=O) groups is 1. The lowest BCUT2D eigenvalue weighted by Crippen LogP contribution is -2.35. The molecule has 1 aromatic carbocycles. The molecule has 33 heavy (non-hydrogen) atoms. The van der Waals surface area contributed by atoms with E-state index in [1.54, 1.807) is 19.1 Å². The highest BCUT2D eigenvalue weighted by atomic mass is 19.4. The van der Waals surface area contributed by atoms with Crippen LogP contribution in [-0.2, 0) is 27.2 Å². The largest absolute Gasteiger partial charge is 0.468 e. The van der Waals surface area contributed by atoms with Crippen LogP contribution in [0.4, 0.5) is 13.2 Å². The fourth-order valence-electron chi connectivity index (χ4n) is 3.13. The van der Waals surface area contributed by atoms with Crippen molar-refractivity contribution >= 4 is 11.6 Å². The first-order valence-electron chi connectivity index (χ1n) is 10.6. The van der Waals surface area contributed by atoms with Crippen LogP contribution in [0.2, 0.25) is 0 Å². The van der Waals surface area contributed by atoms with Gasteiger partial charge in [0.1, 0.15) is 6.61 Å². The number of amides is 1. The Bertz CT molecular complexity index is 925. The SMILES string of the molecule is CC(=NOCc1ccc(C(F)(F)F)cc1)c1ccc(OCC(=O)NCC2CCOCC2)nc1. The smallest absolute Gasteiger partial charge is 0.416 e. The van der Waals surface area contributed by atoms with Crippen LogP contribution in [0, 0.1) is 5.92 Å². The Morgan fingerprint density at radius 1 is 1.18 bits per heavy atom. The van der Waals surface area contributed by atoms with Crippen LogP contribution in [0.3, 0.4) is 0 Å². The van der Waals surface area contributed by atoms with Gasteiger partial charge in [-0.05, 0) is 49.4 Å². The molecule has 1 N–H and O–H groups in total. The molecular formula is C23H26F3N3O4. The van der Waals surface area contributed by atoms with Gasteiger partial charge in [-0.2, -0.15) is 13.2 Å². The summed E-state index contributed by atoms with van der Waals surface area (Å²) >= 11 is 0. The minimum absolute atomic E-state index is 0.0348. The number of ether oxygens (including phenoxy) is 2. The normalized spacial score (nSPS) is 15.2. The van der Waals surface area contributed by atoms with E-state index in [0.717, 1.165) is 38.2 Å². The number of alkyl halides is 3. The third-order valence-electron chi connectivity index (χ3n) is 5.15. The lowest BCUT2D eigenvalue weighted by atomic mass is 10.0. The number of benzene rings is 1. The van der Waals surface area contributed by atoms with Crippen LogP contribution in [0.5, 0.6) is 5.88 Å². The molecule has 7 nitrogen and oxygen atoms in total. The summed E-state index contributed by atoms with van der Waals surface area (Å²) in [6.07, 6.45) is -0.945. The molecule has 178 valence electrons. The molecule has 1 saturated heterocycles. The van der Waals surface area contributed by atoms with Crippen LogP contribution in [0.1, 0.15) is 36.5 Å². The fraction of sp³-hybridized carbons (Fsp3) is 0.435. The quantitative estimate of drug-likeness (QED) is 0.448. The predicted molar refractivity (Wildman–Crippen MR) is 115 cm³/mol. The van der Waals surface area contributed by atoms with Gasteiger partial charge >= 0.3 is 6.18 Å². The number of hydrogen-bond donors (Lipinski definition) is 1. The number of carbonyl (C=O) groups excluding carboxylic acids is 1. The van der Waals surface area contributed by atoms with Crippen LogP contribution >= 0.6 is 0 Å². The summed E-state index contributed by atoms with van der Waals surface area (Å²) in [5.74, 6) is 0.532. The molecule has 0 spiro atoms. The first-order chi connectivity index (χ1) is 15.8. The minimum Gasteiger partial charge on any atom is -0.468 e. The van der Waals surface area contributed by atoms with Gasteiger partial charge in [0, 0.05) is 37.6 Å². The Labute approximate surface area is 189 Å². The van der Waals surface area contributed by atoms with E-state index in [-0.39, 0.29) is 19.1 Å². The third kappa shape index (κ3) is 8.05. The summed E-state index contributed by atoms with van der Waals surface area (Å²) in [5.41, 5.74) is 1.07. The van der Waals surface area contributed by atoms with Gasteiger partial charge in [0.25, 0.3) is 5.91 Å². The van der Waals surface area contributed by atoms with Gasteiger partial charge in [-0.3, -0.25) is 4.79 Å². The fourth-order valence-corrected chi connectivity index (χ4v) is 3.13. The van der Waals surface area contributed by atoms with E-state index >= 15 is 0 Å². The van der Waals surface area contributed by atoms with Gasteiger partial charge in [-0.1, -0.05) is 17.3 Å². The Morgan fingerprint density at radius 2 is 1.91 bits per heavy atom. The van der Waals surface area contributed by atoms with Crippen molar-refractivity contribution in [1.82, 2.24) is 10.3 Å². The summed E-state index contributed by atoms with van der Waals surface area (Å²) in [7, 11) is 0. The van der Waals surface area contributed by atoms with Gasteiger partial charge in [0.15, 0.2) is 6.61 Å². The summed E-state index contributed by atoms with van der Waals surface area (Å²) in [6, 6.07) is 8.05. The standard InChI is InChI=1S/C23H26F3N3O4/c1-16(29-33-14-18-2-5-20(6-3-18)23(24,25)26)19-4-7-22(28-13-19)32-15-21(30)27-12-17-8-10-31-11-9-17/h2-7,13,17H,8-12,14-15H2,1H3,(H,27,30). The van der Waals surface area contributed by atoms with E-state index < -0.39 is 11.7 Å². The monoisotopic (exact) mass is 465 g/mol. The van der Waals surface area contributed by atoms with E-state index in [4.69, 9.17) is 14.3 Å². The van der Waals surface area contributed by atoms with Crippen LogP contribution < -0.4 is 10.1 Å². The van der Waals surface area contributed by atoms with Gasteiger partial charge in [0.05, 0.1) is 11.3 Å². The van der Waals surface area contributed by atoms with Crippen molar-refractivity contribution in [3.63, 3.8) is 0 Å². The second-order valence-electron chi connectivity index (χ2n) is 7.68. The maximum absolute atomic E-state index is 12.6. The summed E-state index contributed by atoms with van der Waals surface area (Å²) in [6.45, 7) is 3.70. The van der Waals surface area contributed by atoms with Crippen molar-refractivity contribution in [3.05, 3.63) is 59.3 Å². The highest BCUT2D eigenvalue weighted by Gasteiger charge is 2.29. The molecule has 2 heterocycles. The van der Waals surface area contributed by atoms with E-state index in [1.807, 2.05) is 0 Å². The molecule has 10 heteroatoms. The minimum atomic E-state index is -4.37. The van der Waals surface area contributed by atoms with Crippen molar-refractivity contribution < 1.29 is 32.3 Å². The molecular weight excluding hydrogens is 439 g/mol. The zero-order valence-electron chi connectivity index (χ0n) is 18.2. The van der Waals surface area contributed by atoms with Gasteiger partial charge in [-0.15, -0.1) is 0 Å². The molecule has 0 bridgehead atoms. The average molecular weight is 465 g/mol. The molecule has 1 aliphatic heterocycles. The number of halogens is 3. The second kappa shape index (κ2) is 11.6. The number of oxime groups is 1. The Balaban J connectivity index is 1.41. The molecule has 1 aromatic heterocycles. The van der Waals surface area contributed by atoms with E-state index in [1.165, 1.54) is 18.3 Å². The van der Waals surface area contributed by atoms with E-state index in [0.29, 0.717) is 35.2 Å². The van der Waals surface area contributed by atoms with E-state index in [2.05, 4.69) is 15.5 Å². The highest BCUT2D eigenvalue weighted by molar-refractivity contribution is 5.98. The van der Waals surface area contributed by atoms with Crippen molar-refractivity contribution in [2.75, 3.05) is 26.4 Å². The lowest BCUT2D eigenvalue weighted by Gasteiger charge is -2.22. The third-order valence-corrected chi connectivity index (χ3v) is 5.15. The number of rotatable bonds is 9. The van der Waals surface area contributed by atoms with Gasteiger partial charge in [0.2, 0.25) is 5.88 Å². The van der Waals surface area contributed by atoms with Crippen molar-refractivity contribution in [3.8, 4) is 5.88 Å². The van der Waals surface area contributed by atoms with Crippen LogP contribution in [-0.4, -0.2) is 43.0 Å². The average Bonchev–Trinajstić information content (AvgIpc) is 2.82. The summed E-state index contributed by atoms with van der Waals surface area (Å²) in [5, 5.41) is 6.83. The zero-order valence-corrected chi connectivity index (χ0v) is 18.2. The predicted octanol–water partition coefficient (Wildman–Crippen LogP) is 3.96. The Morgan fingerprint density at radius 3 is 2.55 bits per heavy atom. The lowest BCUT2D eigenvalue weighted by molar-refractivity contribution is -0.137. The topological polar surface area (TPSA) is 82.0 Å². The molecule has 0 radical (unpaired) electrons. The Kier molecular flexibility index (Phi) is 8.65. The Hall–Kier alpha value is -3.14. The maximum Gasteiger partial charge on any atom is 0.416 e. The summed E-state index contributed by atoms with van der Waals surface area (Å²) in [4.78, 5) is 21.3. The molecule has 0 atom stereocenters. The van der Waals surface area contributed by atoms with Crippen molar-refractivity contribution in [2.24, 2.45) is 11.1 Å². The molecule has 0 unspecified atom stereocenters. The number of nitrogens with one attached hydrogen (secondary N) is 1. The zero-order chi connectivity index (χ0) is 23.7. The van der Waals surface area contributed by atoms with Crippen LogP contribution in [0.15, 0.2) is 47.8 Å². The molecule has 0 saturated carbocycles. The molecule has 2 aromatic rings. The molecule has 0 aliphatic carbocycles. The molecule has 1 aliphatic rings. The van der Waals surface area contributed by atoms with Gasteiger partial charge < -0.3 is 19.6 Å². The van der Waals surface area contributed by atoms with Crippen molar-refractivity contribution in [2.45, 2.75) is 32.5 Å². The maximum atomic E-state index is 12.6. The first-order valence-corrected chi connectivity index (χ1v) is 10.6. The number of aromatic nitrogens is 1. The molecule has 1 amide bonds.